The zero-order chi connectivity index (χ0) is 14.3. The van der Waals surface area contributed by atoms with Gasteiger partial charge in [-0.3, -0.25) is 0 Å². The molecule has 1 fully saturated rings. The van der Waals surface area contributed by atoms with Gasteiger partial charge in [-0.05, 0) is 30.5 Å². The zero-order valence-corrected chi connectivity index (χ0v) is 12.1. The molecule has 1 aliphatic heterocycles. The highest BCUT2D eigenvalue weighted by molar-refractivity contribution is 5.76. The van der Waals surface area contributed by atoms with Crippen molar-refractivity contribution in [1.29, 1.82) is 5.26 Å². The normalized spacial score (nSPS) is 18.8. The van der Waals surface area contributed by atoms with Crippen molar-refractivity contribution >= 4 is 11.0 Å². The van der Waals surface area contributed by atoms with Crippen molar-refractivity contribution in [2.75, 3.05) is 13.2 Å². The van der Waals surface area contributed by atoms with E-state index in [4.69, 9.17) is 4.74 Å². The van der Waals surface area contributed by atoms with Crippen LogP contribution < -0.4 is 0 Å². The molecule has 0 aliphatic carbocycles. The Morgan fingerprint density at radius 2 is 2.15 bits per heavy atom. The first-order valence-electron chi connectivity index (χ1n) is 7.01. The van der Waals surface area contributed by atoms with Crippen molar-refractivity contribution in [3.8, 4) is 6.07 Å². The summed E-state index contributed by atoms with van der Waals surface area (Å²) in [5.74, 6) is 1.19. The van der Waals surface area contributed by atoms with Gasteiger partial charge in [0.2, 0.25) is 0 Å². The number of nitrogens with zero attached hydrogens (tertiary/aromatic N) is 2. The van der Waals surface area contributed by atoms with Crippen LogP contribution in [0.3, 0.4) is 0 Å². The number of imidazole rings is 1. The molecule has 1 aromatic carbocycles. The van der Waals surface area contributed by atoms with Crippen molar-refractivity contribution in [3.63, 3.8) is 0 Å². The number of aromatic nitrogens is 2. The molecule has 0 spiro atoms. The molecule has 1 N–H and O–H groups in total. The first-order valence-corrected chi connectivity index (χ1v) is 7.01. The van der Waals surface area contributed by atoms with E-state index in [1.165, 1.54) is 5.56 Å². The quantitative estimate of drug-likeness (QED) is 0.931. The highest BCUT2D eigenvalue weighted by atomic mass is 16.5. The molecular formula is C16H19N3O. The van der Waals surface area contributed by atoms with Gasteiger partial charge in [-0.1, -0.05) is 19.9 Å². The molecule has 1 unspecified atom stereocenters. The van der Waals surface area contributed by atoms with Gasteiger partial charge in [0.25, 0.3) is 0 Å². The molecule has 0 amide bonds. The molecule has 104 valence electrons. The maximum Gasteiger partial charge on any atom is 0.104 e. The molecular weight excluding hydrogens is 250 g/mol. The topological polar surface area (TPSA) is 61.7 Å². The van der Waals surface area contributed by atoms with Crippen molar-refractivity contribution in [2.24, 2.45) is 11.8 Å². The van der Waals surface area contributed by atoms with E-state index in [2.05, 4.69) is 42.0 Å². The Balaban J connectivity index is 2.09. The number of H-pyrrole nitrogens is 1. The molecule has 2 heterocycles. The number of fused-ring (bicyclic) bond motifs is 1. The largest absolute Gasteiger partial charge is 0.379 e. The molecule has 0 radical (unpaired) electrons. The first kappa shape index (κ1) is 13.1. The summed E-state index contributed by atoms with van der Waals surface area (Å²) >= 11 is 0. The van der Waals surface area contributed by atoms with E-state index in [1.54, 1.807) is 0 Å². The first-order chi connectivity index (χ1) is 9.56. The fourth-order valence-corrected chi connectivity index (χ4v) is 3.21. The highest BCUT2D eigenvalue weighted by Crippen LogP contribution is 2.43. The van der Waals surface area contributed by atoms with E-state index in [1.807, 2.05) is 13.0 Å². The fraction of sp³-hybridized carbons (Fsp3) is 0.500. The van der Waals surface area contributed by atoms with Gasteiger partial charge < -0.3 is 9.72 Å². The molecule has 1 atom stereocenters. The van der Waals surface area contributed by atoms with Crippen LogP contribution in [0.25, 0.3) is 11.0 Å². The summed E-state index contributed by atoms with van der Waals surface area (Å²) in [6.07, 6.45) is 0. The van der Waals surface area contributed by atoms with Crippen LogP contribution in [0.5, 0.6) is 0 Å². The van der Waals surface area contributed by atoms with Gasteiger partial charge in [-0.2, -0.15) is 5.26 Å². The Hall–Kier alpha value is -1.86. The van der Waals surface area contributed by atoms with Gasteiger partial charge in [-0.15, -0.1) is 0 Å². The van der Waals surface area contributed by atoms with Gasteiger partial charge in [-0.25, -0.2) is 4.98 Å². The number of nitriles is 1. The maximum atomic E-state index is 9.55. The monoisotopic (exact) mass is 269 g/mol. The molecule has 0 bridgehead atoms. The van der Waals surface area contributed by atoms with Crippen LogP contribution >= 0.6 is 0 Å². The Morgan fingerprint density at radius 1 is 1.40 bits per heavy atom. The summed E-state index contributed by atoms with van der Waals surface area (Å²) in [4.78, 5) is 7.70. The summed E-state index contributed by atoms with van der Waals surface area (Å²) in [5.41, 5.74) is 3.02. The maximum absolute atomic E-state index is 9.55. The molecule has 2 aromatic rings. The number of benzene rings is 1. The number of aryl methyl sites for hydroxylation is 1. The predicted molar refractivity (Wildman–Crippen MR) is 77.3 cm³/mol. The minimum Gasteiger partial charge on any atom is -0.379 e. The van der Waals surface area contributed by atoms with Gasteiger partial charge in [0.15, 0.2) is 0 Å². The van der Waals surface area contributed by atoms with E-state index in [0.717, 1.165) is 16.9 Å². The minimum atomic E-state index is -0.171. The summed E-state index contributed by atoms with van der Waals surface area (Å²) in [7, 11) is 0. The third-order valence-electron chi connectivity index (χ3n) is 4.30. The van der Waals surface area contributed by atoms with Crippen molar-refractivity contribution in [2.45, 2.75) is 26.2 Å². The summed E-state index contributed by atoms with van der Waals surface area (Å²) in [5, 5.41) is 9.55. The molecule has 3 rings (SSSR count). The number of hydrogen-bond acceptors (Lipinski definition) is 3. The number of nitrogens with one attached hydrogen (secondary N) is 1. The van der Waals surface area contributed by atoms with Gasteiger partial charge in [0.05, 0.1) is 41.6 Å². The molecule has 4 nitrogen and oxygen atoms in total. The van der Waals surface area contributed by atoms with E-state index >= 15 is 0 Å². The van der Waals surface area contributed by atoms with Crippen LogP contribution in [0, 0.1) is 30.1 Å². The number of hydrogen-bond donors (Lipinski definition) is 1. The van der Waals surface area contributed by atoms with Crippen molar-refractivity contribution < 1.29 is 4.74 Å². The van der Waals surface area contributed by atoms with Gasteiger partial charge in [0.1, 0.15) is 5.82 Å². The van der Waals surface area contributed by atoms with Gasteiger partial charge >= 0.3 is 0 Å². The van der Waals surface area contributed by atoms with Crippen LogP contribution in [-0.4, -0.2) is 23.2 Å². The van der Waals surface area contributed by atoms with Gasteiger partial charge in [0, 0.05) is 0 Å². The Kier molecular flexibility index (Phi) is 3.02. The lowest BCUT2D eigenvalue weighted by Crippen LogP contribution is -2.53. The number of aromatic amines is 1. The lowest BCUT2D eigenvalue weighted by molar-refractivity contribution is -0.0876. The Labute approximate surface area is 118 Å². The molecule has 20 heavy (non-hydrogen) atoms. The Bertz CT molecular complexity index is 677. The lowest BCUT2D eigenvalue weighted by atomic mass is 9.65. The Morgan fingerprint density at radius 3 is 2.70 bits per heavy atom. The van der Waals surface area contributed by atoms with E-state index in [0.29, 0.717) is 19.1 Å². The molecule has 1 aromatic heterocycles. The molecule has 4 heteroatoms. The average molecular weight is 269 g/mol. The van der Waals surface area contributed by atoms with Crippen LogP contribution in [-0.2, 0) is 10.2 Å². The molecule has 1 aliphatic rings. The molecule has 1 saturated heterocycles. The number of rotatable bonds is 3. The number of ether oxygens (including phenoxy) is 1. The fourth-order valence-electron chi connectivity index (χ4n) is 3.21. The van der Waals surface area contributed by atoms with E-state index < -0.39 is 0 Å². The third-order valence-corrected chi connectivity index (χ3v) is 4.30. The molecule has 0 saturated carbocycles. The van der Waals surface area contributed by atoms with E-state index in [9.17, 15) is 5.26 Å². The minimum absolute atomic E-state index is 0.0299. The van der Waals surface area contributed by atoms with E-state index in [-0.39, 0.29) is 11.3 Å². The van der Waals surface area contributed by atoms with Crippen molar-refractivity contribution in [3.05, 3.63) is 29.6 Å². The lowest BCUT2D eigenvalue weighted by Gasteiger charge is -2.46. The van der Waals surface area contributed by atoms with Crippen molar-refractivity contribution in [1.82, 2.24) is 9.97 Å². The predicted octanol–water partition coefficient (Wildman–Crippen LogP) is 2.94. The average Bonchev–Trinajstić information content (AvgIpc) is 2.71. The second-order valence-corrected chi connectivity index (χ2v) is 6.05. The summed E-state index contributed by atoms with van der Waals surface area (Å²) < 4.78 is 5.47. The van der Waals surface area contributed by atoms with Crippen LogP contribution in [0.2, 0.25) is 0 Å². The highest BCUT2D eigenvalue weighted by Gasteiger charge is 2.48. The standard InChI is InChI=1S/C16H19N3O/c1-10(2)13(7-17)16(8-20-9-16)12-4-5-14-15(6-12)19-11(3)18-14/h4-6,10,13H,8-9H2,1-3H3,(H,18,19). The van der Waals surface area contributed by atoms with Crippen LogP contribution in [0.15, 0.2) is 18.2 Å². The van der Waals surface area contributed by atoms with Crippen LogP contribution in [0.1, 0.15) is 25.2 Å². The summed E-state index contributed by atoms with van der Waals surface area (Å²) in [6.45, 7) is 7.41. The van der Waals surface area contributed by atoms with Crippen LogP contribution in [0.4, 0.5) is 0 Å². The smallest absolute Gasteiger partial charge is 0.104 e. The second kappa shape index (κ2) is 4.60. The SMILES string of the molecule is Cc1nc2ccc(C3(C(C#N)C(C)C)COC3)cc2[nH]1. The summed E-state index contributed by atoms with van der Waals surface area (Å²) in [6, 6.07) is 8.75. The zero-order valence-electron chi connectivity index (χ0n) is 12.1. The third kappa shape index (κ3) is 1.82. The second-order valence-electron chi connectivity index (χ2n) is 6.05.